The van der Waals surface area contributed by atoms with Gasteiger partial charge in [0.25, 0.3) is 0 Å². The van der Waals surface area contributed by atoms with E-state index in [4.69, 9.17) is 4.74 Å². The lowest BCUT2D eigenvalue weighted by Crippen LogP contribution is -2.06. The van der Waals surface area contributed by atoms with Gasteiger partial charge in [0.05, 0.1) is 7.11 Å². The molecule has 1 heteroatoms. The van der Waals surface area contributed by atoms with Crippen molar-refractivity contribution in [3.05, 3.63) is 34.7 Å². The van der Waals surface area contributed by atoms with E-state index in [0.29, 0.717) is 0 Å². The van der Waals surface area contributed by atoms with Crippen LogP contribution in [0, 0.1) is 19.8 Å². The smallest absolute Gasteiger partial charge is 0.124 e. The van der Waals surface area contributed by atoms with E-state index in [0.717, 1.165) is 5.75 Å². The highest BCUT2D eigenvalue weighted by molar-refractivity contribution is 5.47. The van der Waals surface area contributed by atoms with Crippen molar-refractivity contribution in [3.63, 3.8) is 0 Å². The van der Waals surface area contributed by atoms with Crippen molar-refractivity contribution in [3.8, 4) is 5.75 Å². The van der Waals surface area contributed by atoms with Crippen molar-refractivity contribution in [2.24, 2.45) is 0 Å². The molecule has 0 amide bonds. The minimum atomic E-state index is 1.04. The van der Waals surface area contributed by atoms with Gasteiger partial charge in [0.1, 0.15) is 5.75 Å². The Balaban J connectivity index is 2.28. The summed E-state index contributed by atoms with van der Waals surface area (Å²) in [7, 11) is 1.75. The predicted octanol–water partition coefficient (Wildman–Crippen LogP) is 4.20. The number of hydrogen-bond acceptors (Lipinski definition) is 1. The van der Waals surface area contributed by atoms with Crippen molar-refractivity contribution in [2.45, 2.75) is 46.0 Å². The zero-order chi connectivity index (χ0) is 11.5. The lowest BCUT2D eigenvalue weighted by Gasteiger charge is -2.23. The Hall–Kier alpha value is -0.980. The fourth-order valence-electron chi connectivity index (χ4n) is 2.74. The number of ether oxygens (including phenoxy) is 1. The Morgan fingerprint density at radius 2 is 1.50 bits per heavy atom. The van der Waals surface area contributed by atoms with Gasteiger partial charge in [-0.05, 0) is 43.4 Å². The van der Waals surface area contributed by atoms with Crippen molar-refractivity contribution in [1.29, 1.82) is 0 Å². The average Bonchev–Trinajstić information content (AvgIpc) is 2.30. The second-order valence-electron chi connectivity index (χ2n) is 4.81. The Labute approximate surface area is 98.8 Å². The molecule has 0 unspecified atom stereocenters. The molecule has 16 heavy (non-hydrogen) atoms. The number of methoxy groups -OCH3 is 1. The summed E-state index contributed by atoms with van der Waals surface area (Å²) in [5.41, 5.74) is 3.96. The van der Waals surface area contributed by atoms with Crippen LogP contribution < -0.4 is 4.74 Å². The fraction of sp³-hybridized carbons (Fsp3) is 0.533. The first-order valence-electron chi connectivity index (χ1n) is 6.22. The molecule has 87 valence electrons. The third-order valence-electron chi connectivity index (χ3n) is 3.53. The maximum Gasteiger partial charge on any atom is 0.124 e. The van der Waals surface area contributed by atoms with Crippen LogP contribution in [0.4, 0.5) is 0 Å². The Kier molecular flexibility index (Phi) is 3.52. The zero-order valence-electron chi connectivity index (χ0n) is 10.6. The fourth-order valence-corrected chi connectivity index (χ4v) is 2.74. The van der Waals surface area contributed by atoms with Gasteiger partial charge in [-0.1, -0.05) is 31.4 Å². The molecule has 1 aromatic carbocycles. The van der Waals surface area contributed by atoms with Crippen LogP contribution in [0.5, 0.6) is 5.75 Å². The number of aryl methyl sites for hydroxylation is 2. The van der Waals surface area contributed by atoms with E-state index in [1.165, 1.54) is 48.8 Å². The highest BCUT2D eigenvalue weighted by Crippen LogP contribution is 2.35. The maximum atomic E-state index is 5.41. The van der Waals surface area contributed by atoms with Crippen LogP contribution in [-0.4, -0.2) is 7.11 Å². The molecule has 1 aliphatic rings. The zero-order valence-corrected chi connectivity index (χ0v) is 10.6. The van der Waals surface area contributed by atoms with Gasteiger partial charge >= 0.3 is 0 Å². The van der Waals surface area contributed by atoms with Gasteiger partial charge in [-0.15, -0.1) is 0 Å². The van der Waals surface area contributed by atoms with Crippen LogP contribution in [0.15, 0.2) is 12.1 Å². The summed E-state index contributed by atoms with van der Waals surface area (Å²) < 4.78 is 5.41. The van der Waals surface area contributed by atoms with E-state index in [2.05, 4.69) is 26.0 Å². The second kappa shape index (κ2) is 4.90. The van der Waals surface area contributed by atoms with Crippen LogP contribution in [0.25, 0.3) is 0 Å². The topological polar surface area (TPSA) is 9.23 Å². The van der Waals surface area contributed by atoms with Crippen molar-refractivity contribution >= 4 is 0 Å². The molecule has 1 fully saturated rings. The normalized spacial score (nSPS) is 17.4. The standard InChI is InChI=1S/C15H21O/c1-11-9-14(10-12(2)15(11)16-3)13-7-5-4-6-8-13/h9-10H,4-8H2,1-3H3. The van der Waals surface area contributed by atoms with E-state index in [1.807, 2.05) is 0 Å². The summed E-state index contributed by atoms with van der Waals surface area (Å²) in [6, 6.07) is 4.57. The summed E-state index contributed by atoms with van der Waals surface area (Å²) in [6.07, 6.45) is 6.69. The molecule has 0 bridgehead atoms. The lowest BCUT2D eigenvalue weighted by atomic mass is 9.83. The first-order valence-corrected chi connectivity index (χ1v) is 6.22. The van der Waals surface area contributed by atoms with Gasteiger partial charge in [-0.25, -0.2) is 0 Å². The minimum Gasteiger partial charge on any atom is -0.496 e. The first-order chi connectivity index (χ1) is 7.72. The minimum absolute atomic E-state index is 1.04. The Bertz CT molecular complexity index is 339. The molecule has 0 spiro atoms. The van der Waals surface area contributed by atoms with E-state index in [9.17, 15) is 0 Å². The molecule has 1 aliphatic carbocycles. The van der Waals surface area contributed by atoms with Crippen LogP contribution in [0.1, 0.15) is 48.8 Å². The number of rotatable bonds is 2. The molecule has 0 aromatic heterocycles. The highest BCUT2D eigenvalue weighted by Gasteiger charge is 2.17. The molecule has 1 radical (unpaired) electrons. The summed E-state index contributed by atoms with van der Waals surface area (Å²) in [6.45, 7) is 4.28. The van der Waals surface area contributed by atoms with Crippen LogP contribution >= 0.6 is 0 Å². The van der Waals surface area contributed by atoms with Gasteiger partial charge in [0, 0.05) is 5.92 Å². The molecule has 0 atom stereocenters. The molecule has 0 heterocycles. The largest absolute Gasteiger partial charge is 0.496 e. The van der Waals surface area contributed by atoms with Crippen molar-refractivity contribution < 1.29 is 4.74 Å². The van der Waals surface area contributed by atoms with E-state index in [1.54, 1.807) is 13.0 Å². The van der Waals surface area contributed by atoms with Crippen LogP contribution in [-0.2, 0) is 0 Å². The SMILES string of the molecule is COc1c(C)cc([C]2CCCCC2)cc1C. The molecule has 0 N–H and O–H groups in total. The molecule has 1 nitrogen and oxygen atoms in total. The first kappa shape index (κ1) is 11.5. The Morgan fingerprint density at radius 1 is 0.938 bits per heavy atom. The van der Waals surface area contributed by atoms with E-state index < -0.39 is 0 Å². The van der Waals surface area contributed by atoms with Crippen molar-refractivity contribution in [2.75, 3.05) is 7.11 Å². The molecule has 2 rings (SSSR count). The second-order valence-corrected chi connectivity index (χ2v) is 4.81. The monoisotopic (exact) mass is 217 g/mol. The van der Waals surface area contributed by atoms with Crippen LogP contribution in [0.2, 0.25) is 0 Å². The molecule has 0 saturated heterocycles. The number of benzene rings is 1. The maximum absolute atomic E-state index is 5.41. The third kappa shape index (κ3) is 2.23. The van der Waals surface area contributed by atoms with E-state index in [-0.39, 0.29) is 0 Å². The van der Waals surface area contributed by atoms with Crippen molar-refractivity contribution in [1.82, 2.24) is 0 Å². The summed E-state index contributed by atoms with van der Waals surface area (Å²) in [4.78, 5) is 0. The molecule has 0 aliphatic heterocycles. The van der Waals surface area contributed by atoms with Gasteiger partial charge < -0.3 is 4.74 Å². The van der Waals surface area contributed by atoms with Crippen LogP contribution in [0.3, 0.4) is 0 Å². The van der Waals surface area contributed by atoms with Gasteiger partial charge in [0.2, 0.25) is 0 Å². The molecular weight excluding hydrogens is 196 g/mol. The Morgan fingerprint density at radius 3 is 2.00 bits per heavy atom. The van der Waals surface area contributed by atoms with E-state index >= 15 is 0 Å². The third-order valence-corrected chi connectivity index (χ3v) is 3.53. The molecule has 1 aromatic rings. The number of hydrogen-bond donors (Lipinski definition) is 0. The lowest BCUT2D eigenvalue weighted by molar-refractivity contribution is 0.408. The summed E-state index contributed by atoms with van der Waals surface area (Å²) in [5.74, 6) is 2.68. The van der Waals surface area contributed by atoms with Gasteiger partial charge in [-0.2, -0.15) is 0 Å². The molecular formula is C15H21O. The summed E-state index contributed by atoms with van der Waals surface area (Å²) in [5, 5.41) is 0. The predicted molar refractivity (Wildman–Crippen MR) is 67.9 cm³/mol. The average molecular weight is 217 g/mol. The molecule has 1 saturated carbocycles. The van der Waals surface area contributed by atoms with Gasteiger partial charge in [-0.3, -0.25) is 0 Å². The van der Waals surface area contributed by atoms with Gasteiger partial charge in [0.15, 0.2) is 0 Å². The highest BCUT2D eigenvalue weighted by atomic mass is 16.5. The summed E-state index contributed by atoms with van der Waals surface area (Å²) >= 11 is 0. The quantitative estimate of drug-likeness (QED) is 0.721.